The molecule has 4 nitrogen and oxygen atoms in total. The summed E-state index contributed by atoms with van der Waals surface area (Å²) in [6.07, 6.45) is 0. The van der Waals surface area contributed by atoms with Crippen molar-refractivity contribution >= 4 is 5.91 Å². The topological polar surface area (TPSA) is 44.4 Å². The van der Waals surface area contributed by atoms with E-state index in [9.17, 15) is 4.79 Å². The fourth-order valence-electron chi connectivity index (χ4n) is 2.36. The van der Waals surface area contributed by atoms with Crippen molar-refractivity contribution < 1.29 is 4.79 Å². The summed E-state index contributed by atoms with van der Waals surface area (Å²) in [6.45, 7) is 10.4. The molecule has 0 fully saturated rings. The van der Waals surface area contributed by atoms with Crippen molar-refractivity contribution in [3.63, 3.8) is 0 Å². The van der Waals surface area contributed by atoms with Crippen LogP contribution in [0.5, 0.6) is 0 Å². The minimum absolute atomic E-state index is 0.0233. The molecule has 1 rings (SSSR count). The highest BCUT2D eigenvalue weighted by Gasteiger charge is 2.16. The van der Waals surface area contributed by atoms with Crippen molar-refractivity contribution in [1.82, 2.24) is 15.5 Å². The molecule has 0 saturated carbocycles. The molecule has 2 N–H and O–H groups in total. The lowest BCUT2D eigenvalue weighted by Crippen LogP contribution is -2.38. The van der Waals surface area contributed by atoms with E-state index in [2.05, 4.69) is 53.6 Å². The second-order valence-corrected chi connectivity index (χ2v) is 4.83. The third-order valence-corrected chi connectivity index (χ3v) is 3.45. The number of amides is 1. The summed E-state index contributed by atoms with van der Waals surface area (Å²) in [5, 5.41) is 6.23. The summed E-state index contributed by atoms with van der Waals surface area (Å²) in [6, 6.07) is 11.0. The minimum Gasteiger partial charge on any atom is -0.355 e. The van der Waals surface area contributed by atoms with Crippen LogP contribution >= 0.6 is 0 Å². The van der Waals surface area contributed by atoms with Gasteiger partial charge in [-0.15, -0.1) is 0 Å². The largest absolute Gasteiger partial charge is 0.355 e. The fraction of sp³-hybridized carbons (Fsp3) is 0.562. The summed E-state index contributed by atoms with van der Waals surface area (Å²) < 4.78 is 0. The third kappa shape index (κ3) is 5.72. The van der Waals surface area contributed by atoms with Crippen molar-refractivity contribution in [1.29, 1.82) is 0 Å². The summed E-state index contributed by atoms with van der Waals surface area (Å²) in [7, 11) is 0. The number of rotatable bonds is 9. The Balaban J connectivity index is 2.53. The van der Waals surface area contributed by atoms with Crippen molar-refractivity contribution in [3.8, 4) is 0 Å². The van der Waals surface area contributed by atoms with E-state index in [1.807, 2.05) is 6.07 Å². The SMILES string of the molecule is CCN(CC)C(CNCCNC(C)=O)c1ccccc1. The Hall–Kier alpha value is -1.39. The van der Waals surface area contributed by atoms with Crippen LogP contribution in [-0.4, -0.2) is 43.5 Å². The molecule has 4 heteroatoms. The molecule has 0 aromatic heterocycles. The number of nitrogens with zero attached hydrogens (tertiary/aromatic N) is 1. The Kier molecular flexibility index (Phi) is 7.92. The summed E-state index contributed by atoms with van der Waals surface area (Å²) in [5.41, 5.74) is 1.34. The second kappa shape index (κ2) is 9.50. The van der Waals surface area contributed by atoms with E-state index in [1.165, 1.54) is 5.56 Å². The summed E-state index contributed by atoms with van der Waals surface area (Å²) in [5.74, 6) is 0.0233. The van der Waals surface area contributed by atoms with Crippen LogP contribution in [-0.2, 0) is 4.79 Å². The maximum atomic E-state index is 10.8. The Morgan fingerprint density at radius 3 is 2.35 bits per heavy atom. The van der Waals surface area contributed by atoms with Gasteiger partial charge in [-0.1, -0.05) is 44.2 Å². The minimum atomic E-state index is 0.0233. The molecular formula is C16H27N3O. The van der Waals surface area contributed by atoms with Crippen LogP contribution < -0.4 is 10.6 Å². The van der Waals surface area contributed by atoms with Crippen LogP contribution in [0.2, 0.25) is 0 Å². The van der Waals surface area contributed by atoms with Crippen LogP contribution in [0.15, 0.2) is 30.3 Å². The first kappa shape index (κ1) is 16.7. The van der Waals surface area contributed by atoms with E-state index in [0.717, 1.165) is 26.2 Å². The zero-order valence-corrected chi connectivity index (χ0v) is 12.9. The van der Waals surface area contributed by atoms with Crippen molar-refractivity contribution in [2.75, 3.05) is 32.7 Å². The third-order valence-electron chi connectivity index (χ3n) is 3.45. The van der Waals surface area contributed by atoms with Gasteiger partial charge in [0.2, 0.25) is 5.91 Å². The predicted molar refractivity (Wildman–Crippen MR) is 83.7 cm³/mol. The normalized spacial score (nSPS) is 12.4. The molecule has 1 aromatic rings. The standard InChI is InChI=1S/C16H27N3O/c1-4-19(5-2)16(15-9-7-6-8-10-15)13-17-11-12-18-14(3)20/h6-10,16-17H,4-5,11-13H2,1-3H3,(H,18,20). The van der Waals surface area contributed by atoms with Crippen molar-refractivity contribution in [3.05, 3.63) is 35.9 Å². The number of nitrogens with one attached hydrogen (secondary N) is 2. The van der Waals surface area contributed by atoms with Crippen molar-refractivity contribution in [2.45, 2.75) is 26.8 Å². The van der Waals surface area contributed by atoms with Crippen LogP contribution in [0.25, 0.3) is 0 Å². The molecule has 20 heavy (non-hydrogen) atoms. The Labute approximate surface area is 122 Å². The molecule has 0 heterocycles. The summed E-state index contributed by atoms with van der Waals surface area (Å²) >= 11 is 0. The molecule has 0 radical (unpaired) electrons. The Morgan fingerprint density at radius 2 is 1.80 bits per heavy atom. The Morgan fingerprint density at radius 1 is 1.15 bits per heavy atom. The first-order valence-electron chi connectivity index (χ1n) is 7.43. The highest BCUT2D eigenvalue weighted by atomic mass is 16.1. The molecule has 1 atom stereocenters. The van der Waals surface area contributed by atoms with E-state index < -0.39 is 0 Å². The van der Waals surface area contributed by atoms with E-state index >= 15 is 0 Å². The van der Waals surface area contributed by atoms with Gasteiger partial charge in [0.25, 0.3) is 0 Å². The Bertz CT molecular complexity index is 377. The van der Waals surface area contributed by atoms with E-state index in [-0.39, 0.29) is 5.91 Å². The van der Waals surface area contributed by atoms with Crippen LogP contribution in [0.1, 0.15) is 32.4 Å². The van der Waals surface area contributed by atoms with Gasteiger partial charge in [-0.3, -0.25) is 9.69 Å². The molecule has 1 aromatic carbocycles. The van der Waals surface area contributed by atoms with E-state index in [0.29, 0.717) is 12.6 Å². The van der Waals surface area contributed by atoms with Gasteiger partial charge in [-0.05, 0) is 18.7 Å². The smallest absolute Gasteiger partial charge is 0.216 e. The number of hydrogen-bond acceptors (Lipinski definition) is 3. The molecule has 0 aliphatic carbocycles. The highest BCUT2D eigenvalue weighted by Crippen LogP contribution is 2.19. The average molecular weight is 277 g/mol. The lowest BCUT2D eigenvalue weighted by molar-refractivity contribution is -0.118. The highest BCUT2D eigenvalue weighted by molar-refractivity contribution is 5.72. The molecule has 0 bridgehead atoms. The van der Waals surface area contributed by atoms with Gasteiger partial charge in [-0.2, -0.15) is 0 Å². The van der Waals surface area contributed by atoms with Gasteiger partial charge in [-0.25, -0.2) is 0 Å². The van der Waals surface area contributed by atoms with Gasteiger partial charge >= 0.3 is 0 Å². The molecule has 0 aliphatic heterocycles. The zero-order chi connectivity index (χ0) is 14.8. The number of benzene rings is 1. The van der Waals surface area contributed by atoms with Crippen LogP contribution in [0, 0.1) is 0 Å². The maximum absolute atomic E-state index is 10.8. The van der Waals surface area contributed by atoms with E-state index in [1.54, 1.807) is 6.92 Å². The number of carbonyl (C=O) groups is 1. The molecule has 0 saturated heterocycles. The molecular weight excluding hydrogens is 250 g/mol. The maximum Gasteiger partial charge on any atom is 0.216 e. The van der Waals surface area contributed by atoms with Gasteiger partial charge < -0.3 is 10.6 Å². The first-order chi connectivity index (χ1) is 9.69. The van der Waals surface area contributed by atoms with Gasteiger partial charge in [0.1, 0.15) is 0 Å². The second-order valence-electron chi connectivity index (χ2n) is 4.83. The van der Waals surface area contributed by atoms with E-state index in [4.69, 9.17) is 0 Å². The number of hydrogen-bond donors (Lipinski definition) is 2. The van der Waals surface area contributed by atoms with Gasteiger partial charge in [0.15, 0.2) is 0 Å². The molecule has 112 valence electrons. The molecule has 0 spiro atoms. The number of carbonyl (C=O) groups excluding carboxylic acids is 1. The summed E-state index contributed by atoms with van der Waals surface area (Å²) in [4.78, 5) is 13.3. The average Bonchev–Trinajstić information content (AvgIpc) is 2.46. The van der Waals surface area contributed by atoms with Crippen LogP contribution in [0.4, 0.5) is 0 Å². The number of likely N-dealkylation sites (N-methyl/N-ethyl adjacent to an activating group) is 1. The lowest BCUT2D eigenvalue weighted by atomic mass is 10.1. The zero-order valence-electron chi connectivity index (χ0n) is 12.9. The fourth-order valence-corrected chi connectivity index (χ4v) is 2.36. The van der Waals surface area contributed by atoms with Gasteiger partial charge in [0, 0.05) is 32.6 Å². The van der Waals surface area contributed by atoms with Gasteiger partial charge in [0.05, 0.1) is 0 Å². The molecule has 1 amide bonds. The molecule has 1 unspecified atom stereocenters. The monoisotopic (exact) mass is 277 g/mol. The first-order valence-corrected chi connectivity index (χ1v) is 7.43. The predicted octanol–water partition coefficient (Wildman–Crippen LogP) is 1.80. The van der Waals surface area contributed by atoms with Crippen molar-refractivity contribution in [2.24, 2.45) is 0 Å². The van der Waals surface area contributed by atoms with Crippen LogP contribution in [0.3, 0.4) is 0 Å². The molecule has 0 aliphatic rings. The lowest BCUT2D eigenvalue weighted by Gasteiger charge is -2.30. The quantitative estimate of drug-likeness (QED) is 0.677.